The molecule has 0 atom stereocenters. The van der Waals surface area contributed by atoms with Crippen LogP contribution in [-0.2, 0) is 23.1 Å². The molecular formula is C14H19N3O3S. The maximum atomic E-state index is 12.2. The Balaban J connectivity index is 2.03. The molecule has 1 heterocycles. The maximum absolute atomic E-state index is 12.2. The van der Waals surface area contributed by atoms with E-state index in [1.807, 2.05) is 6.07 Å². The van der Waals surface area contributed by atoms with Crippen LogP contribution in [-0.4, -0.2) is 20.1 Å². The lowest BCUT2D eigenvalue weighted by Gasteiger charge is -2.08. The number of benzene rings is 1. The predicted molar refractivity (Wildman–Crippen MR) is 79.0 cm³/mol. The Morgan fingerprint density at radius 3 is 2.81 bits per heavy atom. The van der Waals surface area contributed by atoms with Gasteiger partial charge in [-0.2, -0.15) is 0 Å². The van der Waals surface area contributed by atoms with E-state index in [-0.39, 0.29) is 11.4 Å². The van der Waals surface area contributed by atoms with E-state index >= 15 is 0 Å². The number of hydrogen-bond acceptors (Lipinski definition) is 5. The Labute approximate surface area is 124 Å². The van der Waals surface area contributed by atoms with Crippen LogP contribution < -0.4 is 10.0 Å². The summed E-state index contributed by atoms with van der Waals surface area (Å²) in [6, 6.07) is 8.51. The van der Waals surface area contributed by atoms with Crippen LogP contribution in [0.15, 0.2) is 45.9 Å². The second kappa shape index (κ2) is 7.35. The number of aromatic nitrogens is 1. The summed E-state index contributed by atoms with van der Waals surface area (Å²) in [5.41, 5.74) is 0.936. The smallest absolute Gasteiger partial charge is 0.240 e. The fraction of sp³-hybridized carbons (Fsp3) is 0.357. The minimum Gasteiger partial charge on any atom is -0.360 e. The number of rotatable bonds is 8. The second-order valence-corrected chi connectivity index (χ2v) is 6.39. The molecule has 2 rings (SSSR count). The van der Waals surface area contributed by atoms with Crippen molar-refractivity contribution in [2.24, 2.45) is 0 Å². The van der Waals surface area contributed by atoms with Crippen LogP contribution in [0, 0.1) is 0 Å². The molecule has 1 aromatic carbocycles. The summed E-state index contributed by atoms with van der Waals surface area (Å²) in [6.07, 6.45) is 2.51. The molecule has 7 heteroatoms. The van der Waals surface area contributed by atoms with E-state index in [0.717, 1.165) is 18.5 Å². The lowest BCUT2D eigenvalue weighted by atomic mass is 10.2. The molecule has 0 spiro atoms. The molecule has 0 unspecified atom stereocenters. The summed E-state index contributed by atoms with van der Waals surface area (Å²) in [4.78, 5) is 0.248. The average Bonchev–Trinajstić information content (AvgIpc) is 2.99. The van der Waals surface area contributed by atoms with Gasteiger partial charge in [-0.05, 0) is 30.7 Å². The first kappa shape index (κ1) is 15.7. The zero-order valence-electron chi connectivity index (χ0n) is 11.9. The molecule has 6 nitrogen and oxygen atoms in total. The first-order valence-electron chi connectivity index (χ1n) is 6.80. The topological polar surface area (TPSA) is 84.2 Å². The second-order valence-electron chi connectivity index (χ2n) is 4.63. The number of sulfonamides is 1. The lowest BCUT2D eigenvalue weighted by Crippen LogP contribution is -2.23. The van der Waals surface area contributed by atoms with Gasteiger partial charge in [-0.1, -0.05) is 24.2 Å². The lowest BCUT2D eigenvalue weighted by molar-refractivity contribution is 0.380. The van der Waals surface area contributed by atoms with E-state index in [0.29, 0.717) is 12.3 Å². The van der Waals surface area contributed by atoms with Gasteiger partial charge in [0.05, 0.1) is 17.6 Å². The quantitative estimate of drug-likeness (QED) is 0.724. The molecule has 0 radical (unpaired) electrons. The maximum Gasteiger partial charge on any atom is 0.240 e. The van der Waals surface area contributed by atoms with Gasteiger partial charge in [-0.3, -0.25) is 0 Å². The zero-order valence-corrected chi connectivity index (χ0v) is 12.7. The third-order valence-electron chi connectivity index (χ3n) is 2.89. The molecule has 0 saturated carbocycles. The molecule has 114 valence electrons. The molecule has 0 bridgehead atoms. The average molecular weight is 309 g/mol. The highest BCUT2D eigenvalue weighted by molar-refractivity contribution is 7.89. The summed E-state index contributed by atoms with van der Waals surface area (Å²) in [6.45, 7) is 3.72. The van der Waals surface area contributed by atoms with Crippen molar-refractivity contribution in [1.29, 1.82) is 0 Å². The third kappa shape index (κ3) is 4.66. The van der Waals surface area contributed by atoms with Gasteiger partial charge in [0.15, 0.2) is 5.76 Å². The molecule has 2 aromatic rings. The molecular weight excluding hydrogens is 290 g/mol. The zero-order chi connectivity index (χ0) is 15.1. The van der Waals surface area contributed by atoms with Crippen molar-refractivity contribution < 1.29 is 12.9 Å². The molecule has 0 fully saturated rings. The van der Waals surface area contributed by atoms with E-state index < -0.39 is 10.0 Å². The van der Waals surface area contributed by atoms with Crippen LogP contribution in [0.2, 0.25) is 0 Å². The molecule has 0 amide bonds. The highest BCUT2D eigenvalue weighted by atomic mass is 32.2. The van der Waals surface area contributed by atoms with E-state index in [1.54, 1.807) is 24.3 Å². The Hall–Kier alpha value is -1.70. The van der Waals surface area contributed by atoms with Crippen molar-refractivity contribution in [3.05, 3.63) is 47.9 Å². The van der Waals surface area contributed by atoms with Crippen LogP contribution in [0.5, 0.6) is 0 Å². The minimum absolute atomic E-state index is 0.0840. The largest absolute Gasteiger partial charge is 0.360 e. The van der Waals surface area contributed by atoms with Crippen molar-refractivity contribution in [3.8, 4) is 0 Å². The van der Waals surface area contributed by atoms with Crippen molar-refractivity contribution >= 4 is 10.0 Å². The molecule has 2 N–H and O–H groups in total. The number of nitrogens with one attached hydrogen (secondary N) is 2. The van der Waals surface area contributed by atoms with Crippen LogP contribution in [0.4, 0.5) is 0 Å². The molecule has 0 aliphatic rings. The first-order valence-corrected chi connectivity index (χ1v) is 8.29. The summed E-state index contributed by atoms with van der Waals surface area (Å²) in [7, 11) is -3.56. The Kier molecular flexibility index (Phi) is 5.49. The first-order chi connectivity index (χ1) is 10.1. The Bertz CT molecular complexity index is 654. The molecule has 21 heavy (non-hydrogen) atoms. The van der Waals surface area contributed by atoms with Gasteiger partial charge in [0.1, 0.15) is 0 Å². The van der Waals surface area contributed by atoms with Gasteiger partial charge in [-0.25, -0.2) is 13.1 Å². The summed E-state index contributed by atoms with van der Waals surface area (Å²) in [5.74, 6) is 0.472. The fourth-order valence-electron chi connectivity index (χ4n) is 1.81. The Morgan fingerprint density at radius 2 is 2.10 bits per heavy atom. The van der Waals surface area contributed by atoms with Crippen LogP contribution in [0.1, 0.15) is 24.7 Å². The van der Waals surface area contributed by atoms with Crippen molar-refractivity contribution in [1.82, 2.24) is 15.2 Å². The van der Waals surface area contributed by atoms with E-state index in [1.165, 1.54) is 6.20 Å². The normalized spacial score (nSPS) is 11.7. The van der Waals surface area contributed by atoms with E-state index in [9.17, 15) is 8.42 Å². The summed E-state index contributed by atoms with van der Waals surface area (Å²) < 4.78 is 31.8. The highest BCUT2D eigenvalue weighted by Gasteiger charge is 2.14. The van der Waals surface area contributed by atoms with Gasteiger partial charge in [0.2, 0.25) is 10.0 Å². The van der Waals surface area contributed by atoms with Gasteiger partial charge in [-0.15, -0.1) is 0 Å². The molecule has 0 saturated heterocycles. The van der Waals surface area contributed by atoms with Crippen molar-refractivity contribution in [2.45, 2.75) is 31.3 Å². The third-order valence-corrected chi connectivity index (χ3v) is 4.29. The predicted octanol–water partition coefficient (Wildman–Crippen LogP) is 1.65. The van der Waals surface area contributed by atoms with Gasteiger partial charge in [0, 0.05) is 12.6 Å². The number of nitrogens with zero attached hydrogens (tertiary/aromatic N) is 1. The SMILES string of the molecule is CCCNCc1cccc(S(=O)(=O)NCc2ccno2)c1. The number of hydrogen-bond donors (Lipinski definition) is 2. The standard InChI is InChI=1S/C14H19N3O3S/c1-2-7-15-10-12-4-3-5-14(9-12)21(18,19)17-11-13-6-8-16-20-13/h3-6,8-9,15,17H,2,7,10-11H2,1H3. The highest BCUT2D eigenvalue weighted by Crippen LogP contribution is 2.12. The van der Waals surface area contributed by atoms with E-state index in [4.69, 9.17) is 4.52 Å². The van der Waals surface area contributed by atoms with Crippen LogP contribution in [0.3, 0.4) is 0 Å². The minimum atomic E-state index is -3.56. The summed E-state index contributed by atoms with van der Waals surface area (Å²) >= 11 is 0. The molecule has 0 aliphatic heterocycles. The van der Waals surface area contributed by atoms with Gasteiger partial charge >= 0.3 is 0 Å². The van der Waals surface area contributed by atoms with Crippen molar-refractivity contribution in [2.75, 3.05) is 6.54 Å². The van der Waals surface area contributed by atoms with E-state index in [2.05, 4.69) is 22.1 Å². The van der Waals surface area contributed by atoms with Crippen molar-refractivity contribution in [3.63, 3.8) is 0 Å². The van der Waals surface area contributed by atoms with Gasteiger partial charge < -0.3 is 9.84 Å². The van der Waals surface area contributed by atoms with Crippen LogP contribution in [0.25, 0.3) is 0 Å². The summed E-state index contributed by atoms with van der Waals surface area (Å²) in [5, 5.41) is 6.78. The van der Waals surface area contributed by atoms with Gasteiger partial charge in [0.25, 0.3) is 0 Å². The van der Waals surface area contributed by atoms with Crippen LogP contribution >= 0.6 is 0 Å². The fourth-order valence-corrected chi connectivity index (χ4v) is 2.88. The monoisotopic (exact) mass is 309 g/mol. The Morgan fingerprint density at radius 1 is 1.24 bits per heavy atom. The molecule has 0 aliphatic carbocycles. The molecule has 1 aromatic heterocycles.